The summed E-state index contributed by atoms with van der Waals surface area (Å²) in [5, 5.41) is 12.2. The van der Waals surface area contributed by atoms with E-state index in [0.717, 1.165) is 24.1 Å². The molecule has 130 valence electrons. The Balaban J connectivity index is 1.53. The standard InChI is InChI=1S/C19H21N3O3/c23-17-8-16(10-20-12-17)9-18(24)21-11-14-3-1-4-15(7-14)13-22-6-2-5-19(22)25/h1,3-4,7-8,10,12,23H,2,5-6,9,11,13H2,(H,21,24). The van der Waals surface area contributed by atoms with Crippen LogP contribution in [0.2, 0.25) is 0 Å². The first-order chi connectivity index (χ1) is 12.1. The number of amides is 2. The SMILES string of the molecule is O=C(Cc1cncc(O)c1)NCc1cccc(CN2CCCC2=O)c1. The number of hydrogen-bond donors (Lipinski definition) is 2. The smallest absolute Gasteiger partial charge is 0.224 e. The monoisotopic (exact) mass is 339 g/mol. The Kier molecular flexibility index (Phi) is 5.28. The molecule has 2 N–H and O–H groups in total. The molecule has 2 amide bonds. The van der Waals surface area contributed by atoms with Crippen molar-refractivity contribution in [1.29, 1.82) is 0 Å². The van der Waals surface area contributed by atoms with Crippen LogP contribution in [0.1, 0.15) is 29.5 Å². The van der Waals surface area contributed by atoms with Crippen molar-refractivity contribution in [3.8, 4) is 5.75 Å². The van der Waals surface area contributed by atoms with Crippen LogP contribution in [-0.2, 0) is 29.1 Å². The summed E-state index contributed by atoms with van der Waals surface area (Å²) in [5.74, 6) is 0.125. The van der Waals surface area contributed by atoms with Gasteiger partial charge in [0.15, 0.2) is 0 Å². The highest BCUT2D eigenvalue weighted by atomic mass is 16.3. The summed E-state index contributed by atoms with van der Waals surface area (Å²) in [6.45, 7) is 1.86. The summed E-state index contributed by atoms with van der Waals surface area (Å²) in [7, 11) is 0. The van der Waals surface area contributed by atoms with Gasteiger partial charge in [0.05, 0.1) is 12.6 Å². The van der Waals surface area contributed by atoms with Gasteiger partial charge in [-0.3, -0.25) is 14.6 Å². The third kappa shape index (κ3) is 4.79. The van der Waals surface area contributed by atoms with Crippen LogP contribution in [0.15, 0.2) is 42.7 Å². The van der Waals surface area contributed by atoms with Crippen molar-refractivity contribution in [3.63, 3.8) is 0 Å². The lowest BCUT2D eigenvalue weighted by atomic mass is 10.1. The van der Waals surface area contributed by atoms with E-state index < -0.39 is 0 Å². The van der Waals surface area contributed by atoms with Crippen LogP contribution in [0.3, 0.4) is 0 Å². The summed E-state index contributed by atoms with van der Waals surface area (Å²) in [6, 6.07) is 9.43. The first kappa shape index (κ1) is 17.0. The zero-order valence-electron chi connectivity index (χ0n) is 13.9. The molecule has 0 aliphatic carbocycles. The maximum absolute atomic E-state index is 12.0. The van der Waals surface area contributed by atoms with E-state index >= 15 is 0 Å². The zero-order chi connectivity index (χ0) is 17.6. The molecule has 0 bridgehead atoms. The van der Waals surface area contributed by atoms with Gasteiger partial charge in [-0.2, -0.15) is 0 Å². The average Bonchev–Trinajstić information content (AvgIpc) is 2.98. The van der Waals surface area contributed by atoms with Crippen LogP contribution < -0.4 is 5.32 Å². The second-order valence-electron chi connectivity index (χ2n) is 6.24. The number of likely N-dealkylation sites (tertiary alicyclic amines) is 1. The van der Waals surface area contributed by atoms with Gasteiger partial charge >= 0.3 is 0 Å². The van der Waals surface area contributed by atoms with E-state index in [0.29, 0.717) is 25.1 Å². The molecule has 1 aliphatic heterocycles. The molecule has 1 saturated heterocycles. The third-order valence-corrected chi connectivity index (χ3v) is 4.17. The van der Waals surface area contributed by atoms with Crippen LogP contribution in [0.4, 0.5) is 0 Å². The average molecular weight is 339 g/mol. The minimum Gasteiger partial charge on any atom is -0.506 e. The molecule has 3 rings (SSSR count). The van der Waals surface area contributed by atoms with E-state index in [2.05, 4.69) is 10.3 Å². The zero-order valence-corrected chi connectivity index (χ0v) is 13.9. The number of rotatable bonds is 6. The lowest BCUT2D eigenvalue weighted by Gasteiger charge is -2.16. The number of carbonyl (C=O) groups is 2. The van der Waals surface area contributed by atoms with Gasteiger partial charge in [-0.05, 0) is 29.2 Å². The van der Waals surface area contributed by atoms with Gasteiger partial charge in [-0.25, -0.2) is 0 Å². The largest absolute Gasteiger partial charge is 0.506 e. The second kappa shape index (κ2) is 7.79. The molecule has 0 spiro atoms. The van der Waals surface area contributed by atoms with Crippen LogP contribution in [0, 0.1) is 0 Å². The Bertz CT molecular complexity index is 776. The molecule has 0 unspecified atom stereocenters. The Hall–Kier alpha value is -2.89. The molecule has 0 atom stereocenters. The van der Waals surface area contributed by atoms with Crippen molar-refractivity contribution < 1.29 is 14.7 Å². The normalized spacial score (nSPS) is 13.9. The molecular formula is C19H21N3O3. The van der Waals surface area contributed by atoms with Crippen molar-refractivity contribution in [2.45, 2.75) is 32.4 Å². The number of nitrogens with one attached hydrogen (secondary N) is 1. The van der Waals surface area contributed by atoms with Gasteiger partial charge < -0.3 is 15.3 Å². The van der Waals surface area contributed by atoms with Crippen molar-refractivity contribution >= 4 is 11.8 Å². The molecule has 2 heterocycles. The third-order valence-electron chi connectivity index (χ3n) is 4.17. The van der Waals surface area contributed by atoms with E-state index in [1.165, 1.54) is 12.3 Å². The molecule has 1 aliphatic rings. The van der Waals surface area contributed by atoms with Crippen LogP contribution in [0.5, 0.6) is 5.75 Å². The highest BCUT2D eigenvalue weighted by Crippen LogP contribution is 2.15. The maximum Gasteiger partial charge on any atom is 0.224 e. The van der Waals surface area contributed by atoms with Crippen LogP contribution >= 0.6 is 0 Å². The van der Waals surface area contributed by atoms with Crippen molar-refractivity contribution in [2.24, 2.45) is 0 Å². The molecular weight excluding hydrogens is 318 g/mol. The van der Waals surface area contributed by atoms with Crippen LogP contribution in [0.25, 0.3) is 0 Å². The summed E-state index contributed by atoms with van der Waals surface area (Å²) >= 11 is 0. The predicted octanol–water partition coefficient (Wildman–Crippen LogP) is 1.77. The Labute approximate surface area is 146 Å². The number of nitrogens with zero attached hydrogens (tertiary/aromatic N) is 2. The van der Waals surface area contributed by atoms with Gasteiger partial charge in [-0.1, -0.05) is 24.3 Å². The van der Waals surface area contributed by atoms with Gasteiger partial charge in [0, 0.05) is 32.3 Å². The lowest BCUT2D eigenvalue weighted by molar-refractivity contribution is -0.128. The van der Waals surface area contributed by atoms with Crippen LogP contribution in [-0.4, -0.2) is 33.3 Å². The first-order valence-corrected chi connectivity index (χ1v) is 8.35. The number of hydrogen-bond acceptors (Lipinski definition) is 4. The molecule has 1 aromatic heterocycles. The molecule has 1 aromatic carbocycles. The fourth-order valence-electron chi connectivity index (χ4n) is 2.95. The number of carbonyl (C=O) groups excluding carboxylic acids is 2. The summed E-state index contributed by atoms with van der Waals surface area (Å²) in [5.41, 5.74) is 2.73. The fraction of sp³-hybridized carbons (Fsp3) is 0.316. The lowest BCUT2D eigenvalue weighted by Crippen LogP contribution is -2.25. The Morgan fingerprint density at radius 3 is 2.80 bits per heavy atom. The summed E-state index contributed by atoms with van der Waals surface area (Å²) in [4.78, 5) is 29.5. The van der Waals surface area contributed by atoms with Crippen molar-refractivity contribution in [3.05, 3.63) is 59.4 Å². The van der Waals surface area contributed by atoms with E-state index in [-0.39, 0.29) is 24.0 Å². The number of aromatic hydroxyl groups is 1. The van der Waals surface area contributed by atoms with Crippen molar-refractivity contribution in [2.75, 3.05) is 6.54 Å². The molecule has 2 aromatic rings. The fourth-order valence-corrected chi connectivity index (χ4v) is 2.95. The van der Waals surface area contributed by atoms with E-state index in [1.54, 1.807) is 6.20 Å². The highest BCUT2D eigenvalue weighted by molar-refractivity contribution is 5.78. The van der Waals surface area contributed by atoms with E-state index in [9.17, 15) is 14.7 Å². The summed E-state index contributed by atoms with van der Waals surface area (Å²) < 4.78 is 0. The van der Waals surface area contributed by atoms with E-state index in [4.69, 9.17) is 0 Å². The Morgan fingerprint density at radius 2 is 2.04 bits per heavy atom. The minimum atomic E-state index is -0.132. The van der Waals surface area contributed by atoms with Gasteiger partial charge in [0.25, 0.3) is 0 Å². The van der Waals surface area contributed by atoms with E-state index in [1.807, 2.05) is 29.2 Å². The minimum absolute atomic E-state index is 0.0504. The van der Waals surface area contributed by atoms with Gasteiger partial charge in [-0.15, -0.1) is 0 Å². The van der Waals surface area contributed by atoms with Gasteiger partial charge in [0.1, 0.15) is 5.75 Å². The molecule has 1 fully saturated rings. The topological polar surface area (TPSA) is 82.5 Å². The predicted molar refractivity (Wildman–Crippen MR) is 92.5 cm³/mol. The molecule has 25 heavy (non-hydrogen) atoms. The summed E-state index contributed by atoms with van der Waals surface area (Å²) in [6.07, 6.45) is 4.63. The molecule has 0 saturated carbocycles. The number of benzene rings is 1. The molecule has 6 heteroatoms. The van der Waals surface area contributed by atoms with Crippen molar-refractivity contribution in [1.82, 2.24) is 15.2 Å². The maximum atomic E-state index is 12.0. The molecule has 0 radical (unpaired) electrons. The molecule has 6 nitrogen and oxygen atoms in total. The second-order valence-corrected chi connectivity index (χ2v) is 6.24. The number of pyridine rings is 1. The first-order valence-electron chi connectivity index (χ1n) is 8.35. The number of aromatic nitrogens is 1. The highest BCUT2D eigenvalue weighted by Gasteiger charge is 2.19. The quantitative estimate of drug-likeness (QED) is 0.840. The Morgan fingerprint density at radius 1 is 1.20 bits per heavy atom. The van der Waals surface area contributed by atoms with Gasteiger partial charge in [0.2, 0.25) is 11.8 Å².